The Bertz CT molecular complexity index is 1150. The third kappa shape index (κ3) is 7.35. The molecule has 0 spiro atoms. The van der Waals surface area contributed by atoms with Gasteiger partial charge in [0, 0.05) is 44.5 Å². The molecule has 2 heterocycles. The summed E-state index contributed by atoms with van der Waals surface area (Å²) in [6.45, 7) is 3.78. The summed E-state index contributed by atoms with van der Waals surface area (Å²) in [7, 11) is 1.82. The zero-order chi connectivity index (χ0) is 25.9. The van der Waals surface area contributed by atoms with Crippen LogP contribution in [0, 0.1) is 5.82 Å². The molecule has 1 atom stereocenters. The third-order valence-electron chi connectivity index (χ3n) is 5.93. The monoisotopic (exact) mass is 495 g/mol. The molecule has 0 bridgehead atoms. The predicted octanol–water partition coefficient (Wildman–Crippen LogP) is 2.59. The van der Waals surface area contributed by atoms with Crippen LogP contribution in [-0.4, -0.2) is 64.2 Å². The van der Waals surface area contributed by atoms with Gasteiger partial charge >= 0.3 is 0 Å². The van der Waals surface area contributed by atoms with E-state index in [1.807, 2.05) is 26.2 Å². The van der Waals surface area contributed by atoms with Crippen LogP contribution >= 0.6 is 0 Å². The van der Waals surface area contributed by atoms with E-state index in [0.717, 1.165) is 17.5 Å². The Morgan fingerprint density at radius 2 is 2.14 bits per heavy atom. The quantitative estimate of drug-likeness (QED) is 0.296. The average molecular weight is 496 g/mol. The highest BCUT2D eigenvalue weighted by Crippen LogP contribution is 2.22. The molecular weight excluding hydrogens is 461 g/mol. The second kappa shape index (κ2) is 13.3. The van der Waals surface area contributed by atoms with Crippen LogP contribution in [0.25, 0.3) is 11.3 Å². The molecule has 0 aliphatic carbocycles. The Morgan fingerprint density at radius 1 is 1.31 bits per heavy atom. The van der Waals surface area contributed by atoms with Gasteiger partial charge in [-0.05, 0) is 55.6 Å². The lowest BCUT2D eigenvalue weighted by molar-refractivity contribution is -0.120. The minimum absolute atomic E-state index is 0.134. The number of nitrogens with two attached hydrogens (primary N) is 1. The molecule has 1 aromatic carbocycles. The smallest absolute Gasteiger partial charge is 0.255 e. The zero-order valence-corrected chi connectivity index (χ0v) is 20.8. The molecule has 0 unspecified atom stereocenters. The molecule has 2 amide bonds. The largest absolute Gasteiger partial charge is 0.369 e. The minimum Gasteiger partial charge on any atom is -0.369 e. The summed E-state index contributed by atoms with van der Waals surface area (Å²) in [5.74, 6) is -0.157. The number of anilines is 1. The van der Waals surface area contributed by atoms with Crippen LogP contribution in [0.4, 0.5) is 10.2 Å². The fourth-order valence-corrected chi connectivity index (χ4v) is 3.91. The van der Waals surface area contributed by atoms with E-state index in [-0.39, 0.29) is 17.8 Å². The number of halogens is 1. The number of carbonyl (C=O) groups excluding carboxylic acids is 2. The summed E-state index contributed by atoms with van der Waals surface area (Å²) in [5.41, 5.74) is 8.30. The average Bonchev–Trinajstić information content (AvgIpc) is 3.32. The van der Waals surface area contributed by atoms with Crippen molar-refractivity contribution in [2.24, 2.45) is 12.8 Å². The number of nitrogens with one attached hydrogen (secondary N) is 2. The standard InChI is InChI=1S/C26H34FN7O2/c1-3-22(34(18-35)13-5-11-28)16-30-26(36)23-8-9-24(20-15-31-33(2)17-20)32-25(23)29-12-10-19-6-4-7-21(27)14-19/h4,6-9,14-15,17-18,22H,3,5,10-13,16,28H2,1-2H3,(H,29,32)(H,30,36)/t22-/m1/s1. The number of aryl methyl sites for hydroxylation is 1. The van der Waals surface area contributed by atoms with Gasteiger partial charge in [-0.1, -0.05) is 19.1 Å². The highest BCUT2D eigenvalue weighted by molar-refractivity contribution is 5.99. The summed E-state index contributed by atoms with van der Waals surface area (Å²) in [6, 6.07) is 9.79. The molecule has 2 aromatic heterocycles. The SMILES string of the molecule is CC[C@H](CNC(=O)c1ccc(-c2cnn(C)c2)nc1NCCc1cccc(F)c1)N(C=O)CCCN. The summed E-state index contributed by atoms with van der Waals surface area (Å²) in [4.78, 5) is 31.0. The Kier molecular flexibility index (Phi) is 9.93. The number of rotatable bonds is 14. The molecule has 4 N–H and O–H groups in total. The van der Waals surface area contributed by atoms with E-state index < -0.39 is 0 Å². The summed E-state index contributed by atoms with van der Waals surface area (Å²) in [6.07, 6.45) is 6.31. The number of hydrogen-bond donors (Lipinski definition) is 3. The molecule has 10 heteroatoms. The second-order valence-electron chi connectivity index (χ2n) is 8.56. The van der Waals surface area contributed by atoms with Crippen LogP contribution < -0.4 is 16.4 Å². The second-order valence-corrected chi connectivity index (χ2v) is 8.56. The van der Waals surface area contributed by atoms with Gasteiger partial charge < -0.3 is 21.3 Å². The molecule has 9 nitrogen and oxygen atoms in total. The fourth-order valence-electron chi connectivity index (χ4n) is 3.91. The maximum absolute atomic E-state index is 13.5. The van der Waals surface area contributed by atoms with Crippen molar-refractivity contribution in [2.45, 2.75) is 32.2 Å². The van der Waals surface area contributed by atoms with Crippen molar-refractivity contribution in [1.29, 1.82) is 0 Å². The van der Waals surface area contributed by atoms with Crippen LogP contribution in [0.1, 0.15) is 35.7 Å². The number of pyridine rings is 1. The first-order chi connectivity index (χ1) is 17.4. The number of carbonyl (C=O) groups is 2. The van der Waals surface area contributed by atoms with Crippen molar-refractivity contribution in [1.82, 2.24) is 25.0 Å². The van der Waals surface area contributed by atoms with Crippen LogP contribution in [0.5, 0.6) is 0 Å². The van der Waals surface area contributed by atoms with Gasteiger partial charge in [0.15, 0.2) is 0 Å². The first-order valence-corrected chi connectivity index (χ1v) is 12.1. The van der Waals surface area contributed by atoms with Crippen LogP contribution in [0.3, 0.4) is 0 Å². The number of aromatic nitrogens is 3. The topological polar surface area (TPSA) is 118 Å². The Morgan fingerprint density at radius 3 is 2.81 bits per heavy atom. The van der Waals surface area contributed by atoms with Gasteiger partial charge in [0.05, 0.1) is 17.5 Å². The molecular formula is C26H34FN7O2. The number of nitrogens with zero attached hydrogens (tertiary/aromatic N) is 4. The van der Waals surface area contributed by atoms with E-state index >= 15 is 0 Å². The molecule has 36 heavy (non-hydrogen) atoms. The predicted molar refractivity (Wildman–Crippen MR) is 138 cm³/mol. The molecule has 0 radical (unpaired) electrons. The maximum atomic E-state index is 13.5. The van der Waals surface area contributed by atoms with Crippen LogP contribution in [-0.2, 0) is 18.3 Å². The molecule has 0 aliphatic heterocycles. The van der Waals surface area contributed by atoms with E-state index in [0.29, 0.717) is 62.5 Å². The normalized spacial score (nSPS) is 11.7. The Labute approximate surface area is 210 Å². The highest BCUT2D eigenvalue weighted by Gasteiger charge is 2.19. The van der Waals surface area contributed by atoms with Crippen LogP contribution in [0.15, 0.2) is 48.8 Å². The van der Waals surface area contributed by atoms with E-state index in [2.05, 4.69) is 20.7 Å². The number of benzene rings is 1. The molecule has 3 rings (SSSR count). The molecule has 0 aliphatic rings. The highest BCUT2D eigenvalue weighted by atomic mass is 19.1. The van der Waals surface area contributed by atoms with Gasteiger partial charge in [-0.15, -0.1) is 0 Å². The molecule has 192 valence electrons. The lowest BCUT2D eigenvalue weighted by Gasteiger charge is -2.27. The van der Waals surface area contributed by atoms with Gasteiger partial charge in [0.25, 0.3) is 5.91 Å². The van der Waals surface area contributed by atoms with E-state index in [9.17, 15) is 14.0 Å². The maximum Gasteiger partial charge on any atom is 0.255 e. The first kappa shape index (κ1) is 26.8. The Hall–Kier alpha value is -3.79. The lowest BCUT2D eigenvalue weighted by atomic mass is 10.1. The van der Waals surface area contributed by atoms with Crippen molar-refractivity contribution in [2.75, 3.05) is 31.5 Å². The van der Waals surface area contributed by atoms with E-state index in [1.165, 1.54) is 12.1 Å². The van der Waals surface area contributed by atoms with Crippen molar-refractivity contribution in [3.8, 4) is 11.3 Å². The number of hydrogen-bond acceptors (Lipinski definition) is 6. The molecule has 3 aromatic rings. The van der Waals surface area contributed by atoms with Gasteiger partial charge in [-0.2, -0.15) is 5.10 Å². The lowest BCUT2D eigenvalue weighted by Crippen LogP contribution is -2.44. The Balaban J connectivity index is 1.76. The third-order valence-corrected chi connectivity index (χ3v) is 5.93. The number of amides is 2. The van der Waals surface area contributed by atoms with Crippen LogP contribution in [0.2, 0.25) is 0 Å². The molecule has 0 saturated carbocycles. The summed E-state index contributed by atoms with van der Waals surface area (Å²) in [5, 5.41) is 10.4. The van der Waals surface area contributed by atoms with Gasteiger partial charge in [0.2, 0.25) is 6.41 Å². The van der Waals surface area contributed by atoms with E-state index in [4.69, 9.17) is 5.73 Å². The van der Waals surface area contributed by atoms with Crippen molar-refractivity contribution >= 4 is 18.1 Å². The van der Waals surface area contributed by atoms with Gasteiger partial charge in [-0.3, -0.25) is 14.3 Å². The zero-order valence-electron chi connectivity index (χ0n) is 20.8. The summed E-state index contributed by atoms with van der Waals surface area (Å²) >= 11 is 0. The minimum atomic E-state index is -0.295. The van der Waals surface area contributed by atoms with Gasteiger partial charge in [0.1, 0.15) is 11.6 Å². The fraction of sp³-hybridized carbons (Fsp3) is 0.385. The first-order valence-electron chi connectivity index (χ1n) is 12.1. The molecule has 0 saturated heterocycles. The van der Waals surface area contributed by atoms with Crippen molar-refractivity contribution in [3.05, 3.63) is 65.7 Å². The van der Waals surface area contributed by atoms with E-state index in [1.54, 1.807) is 34.0 Å². The molecule has 0 fully saturated rings. The summed E-state index contributed by atoms with van der Waals surface area (Å²) < 4.78 is 15.2. The van der Waals surface area contributed by atoms with Crippen molar-refractivity contribution < 1.29 is 14.0 Å². The van der Waals surface area contributed by atoms with Gasteiger partial charge in [-0.25, -0.2) is 9.37 Å². The van der Waals surface area contributed by atoms with Crippen molar-refractivity contribution in [3.63, 3.8) is 0 Å².